The zero-order valence-corrected chi connectivity index (χ0v) is 19.9. The van der Waals surface area contributed by atoms with Gasteiger partial charge in [-0.2, -0.15) is 4.31 Å². The molecule has 2 aromatic rings. The normalized spacial score (nSPS) is 17.1. The van der Waals surface area contributed by atoms with E-state index < -0.39 is 10.0 Å². The summed E-state index contributed by atoms with van der Waals surface area (Å²) in [5, 5.41) is 3.00. The monoisotopic (exact) mass is 458 g/mol. The van der Waals surface area contributed by atoms with Crippen molar-refractivity contribution in [1.82, 2.24) is 9.62 Å². The molecule has 6 nitrogen and oxygen atoms in total. The minimum absolute atomic E-state index is 0.0654. The number of hydrogen-bond donors (Lipinski definition) is 1. The van der Waals surface area contributed by atoms with Crippen LogP contribution < -0.4 is 10.1 Å². The number of para-hydroxylation sites is 1. The summed E-state index contributed by atoms with van der Waals surface area (Å²) in [5.74, 6) is 0.526. The van der Waals surface area contributed by atoms with E-state index >= 15 is 0 Å². The molecule has 0 radical (unpaired) electrons. The fourth-order valence-corrected chi connectivity index (χ4v) is 5.46. The van der Waals surface area contributed by atoms with E-state index in [1.807, 2.05) is 25.1 Å². The quantitative estimate of drug-likeness (QED) is 0.548. The van der Waals surface area contributed by atoms with Crippen molar-refractivity contribution in [3.63, 3.8) is 0 Å². The van der Waals surface area contributed by atoms with Crippen LogP contribution in [0.5, 0.6) is 5.75 Å². The second kappa shape index (κ2) is 11.5. The summed E-state index contributed by atoms with van der Waals surface area (Å²) in [4.78, 5) is 13.0. The van der Waals surface area contributed by atoms with E-state index in [0.29, 0.717) is 32.5 Å². The fourth-order valence-electron chi connectivity index (χ4n) is 3.93. The molecule has 7 heteroatoms. The Bertz CT molecular complexity index is 989. The third-order valence-corrected chi connectivity index (χ3v) is 7.65. The van der Waals surface area contributed by atoms with Crippen molar-refractivity contribution >= 4 is 15.9 Å². The number of carbonyl (C=O) groups is 1. The second-order valence-electron chi connectivity index (χ2n) is 8.37. The van der Waals surface area contributed by atoms with Crippen LogP contribution in [0.3, 0.4) is 0 Å². The molecule has 2 aromatic carbocycles. The Hall–Kier alpha value is -2.38. The Morgan fingerprint density at radius 2 is 1.91 bits per heavy atom. The van der Waals surface area contributed by atoms with Crippen LogP contribution in [-0.2, 0) is 21.2 Å². The summed E-state index contributed by atoms with van der Waals surface area (Å²) in [6.45, 7) is 5.94. The van der Waals surface area contributed by atoms with Crippen molar-refractivity contribution in [3.05, 3.63) is 59.7 Å². The Morgan fingerprint density at radius 3 is 2.66 bits per heavy atom. The van der Waals surface area contributed by atoms with Crippen LogP contribution in [0, 0.1) is 12.8 Å². The molecule has 1 N–H and O–H groups in total. The molecule has 1 aliphatic heterocycles. The van der Waals surface area contributed by atoms with Gasteiger partial charge in [0.15, 0.2) is 0 Å². The summed E-state index contributed by atoms with van der Waals surface area (Å²) >= 11 is 0. The number of nitrogens with zero attached hydrogens (tertiary/aromatic N) is 1. The highest BCUT2D eigenvalue weighted by atomic mass is 32.2. The van der Waals surface area contributed by atoms with E-state index in [-0.39, 0.29) is 23.3 Å². The largest absolute Gasteiger partial charge is 0.493 e. The number of benzene rings is 2. The number of aryl methyl sites for hydroxylation is 2. The molecule has 3 rings (SSSR count). The van der Waals surface area contributed by atoms with E-state index in [4.69, 9.17) is 4.74 Å². The second-order valence-corrected chi connectivity index (χ2v) is 10.3. The minimum atomic E-state index is -3.58. The lowest BCUT2D eigenvalue weighted by Gasteiger charge is -2.31. The fraction of sp³-hybridized carbons (Fsp3) is 0.480. The SMILES string of the molecule is CCCOc1ccccc1CCCNC(=O)[C@H]1CCCN(S(=O)(=O)c2ccc(C)cc2)C1. The Labute approximate surface area is 192 Å². The molecule has 1 aliphatic rings. The number of carbonyl (C=O) groups excluding carboxylic acids is 1. The first-order valence-corrected chi connectivity index (χ1v) is 12.9. The van der Waals surface area contributed by atoms with Gasteiger partial charge in [0.25, 0.3) is 0 Å². The van der Waals surface area contributed by atoms with Crippen molar-refractivity contribution < 1.29 is 17.9 Å². The number of hydrogen-bond acceptors (Lipinski definition) is 4. The highest BCUT2D eigenvalue weighted by molar-refractivity contribution is 7.89. The predicted octanol–water partition coefficient (Wildman–Crippen LogP) is 3.93. The van der Waals surface area contributed by atoms with E-state index in [1.54, 1.807) is 24.3 Å². The topological polar surface area (TPSA) is 75.7 Å². The molecule has 1 fully saturated rings. The van der Waals surface area contributed by atoms with E-state index in [2.05, 4.69) is 18.3 Å². The number of ether oxygens (including phenoxy) is 1. The van der Waals surface area contributed by atoms with Crippen LogP contribution in [0.1, 0.15) is 43.7 Å². The molecular formula is C25H34N2O4S. The molecule has 0 unspecified atom stereocenters. The summed E-state index contributed by atoms with van der Waals surface area (Å²) in [5.41, 5.74) is 2.16. The molecule has 174 valence electrons. The molecule has 0 saturated carbocycles. The third-order valence-electron chi connectivity index (χ3n) is 5.77. The lowest BCUT2D eigenvalue weighted by Crippen LogP contribution is -2.45. The van der Waals surface area contributed by atoms with Crippen LogP contribution in [0.15, 0.2) is 53.4 Å². The molecule has 0 spiro atoms. The predicted molar refractivity (Wildman–Crippen MR) is 126 cm³/mol. The molecule has 1 saturated heterocycles. The van der Waals surface area contributed by atoms with Gasteiger partial charge >= 0.3 is 0 Å². The van der Waals surface area contributed by atoms with E-state index in [1.165, 1.54) is 4.31 Å². The molecule has 0 bridgehead atoms. The van der Waals surface area contributed by atoms with Gasteiger partial charge in [-0.15, -0.1) is 0 Å². The summed E-state index contributed by atoms with van der Waals surface area (Å²) < 4.78 is 33.2. The average molecular weight is 459 g/mol. The van der Waals surface area contributed by atoms with Crippen molar-refractivity contribution in [1.29, 1.82) is 0 Å². The molecule has 1 heterocycles. The first-order valence-electron chi connectivity index (χ1n) is 11.5. The van der Waals surface area contributed by atoms with Crippen molar-refractivity contribution in [2.45, 2.75) is 50.8 Å². The Balaban J connectivity index is 1.50. The minimum Gasteiger partial charge on any atom is -0.493 e. The van der Waals surface area contributed by atoms with Crippen LogP contribution in [0.2, 0.25) is 0 Å². The highest BCUT2D eigenvalue weighted by Crippen LogP contribution is 2.24. The van der Waals surface area contributed by atoms with Crippen LogP contribution >= 0.6 is 0 Å². The molecule has 0 aliphatic carbocycles. The third kappa shape index (κ3) is 6.33. The van der Waals surface area contributed by atoms with Gasteiger partial charge in [0.1, 0.15) is 5.75 Å². The van der Waals surface area contributed by atoms with Crippen LogP contribution in [-0.4, -0.2) is 44.9 Å². The van der Waals surface area contributed by atoms with Gasteiger partial charge in [0.05, 0.1) is 17.4 Å². The zero-order chi connectivity index (χ0) is 23.0. The number of nitrogens with one attached hydrogen (secondary N) is 1. The van der Waals surface area contributed by atoms with Gasteiger partial charge in [-0.1, -0.05) is 42.8 Å². The standard InChI is InChI=1S/C25H34N2O4S/c1-3-18-31-24-11-5-4-8-21(24)9-6-16-26-25(28)22-10-7-17-27(19-22)32(29,30)23-14-12-20(2)13-15-23/h4-5,8,11-15,22H,3,6-7,9-10,16-19H2,1-2H3,(H,26,28)/t22-/m0/s1. The van der Waals surface area contributed by atoms with Crippen molar-refractivity contribution in [2.24, 2.45) is 5.92 Å². The van der Waals surface area contributed by atoms with E-state index in [0.717, 1.165) is 36.1 Å². The Kier molecular flexibility index (Phi) is 8.70. The lowest BCUT2D eigenvalue weighted by molar-refractivity contribution is -0.126. The summed E-state index contributed by atoms with van der Waals surface area (Å²) in [6.07, 6.45) is 3.97. The number of amides is 1. The molecule has 1 amide bonds. The van der Waals surface area contributed by atoms with Gasteiger partial charge in [-0.25, -0.2) is 8.42 Å². The van der Waals surface area contributed by atoms with Gasteiger partial charge in [0, 0.05) is 19.6 Å². The molecular weight excluding hydrogens is 424 g/mol. The van der Waals surface area contributed by atoms with Gasteiger partial charge < -0.3 is 10.1 Å². The van der Waals surface area contributed by atoms with Gasteiger partial charge in [-0.05, 0) is 62.8 Å². The maximum Gasteiger partial charge on any atom is 0.243 e. The van der Waals surface area contributed by atoms with Crippen LogP contribution in [0.25, 0.3) is 0 Å². The van der Waals surface area contributed by atoms with Crippen molar-refractivity contribution in [2.75, 3.05) is 26.2 Å². The smallest absolute Gasteiger partial charge is 0.243 e. The first-order chi connectivity index (χ1) is 15.4. The molecule has 0 aromatic heterocycles. The Morgan fingerprint density at radius 1 is 1.16 bits per heavy atom. The number of sulfonamides is 1. The first kappa shape index (κ1) is 24.3. The maximum atomic E-state index is 13.0. The molecule has 1 atom stereocenters. The van der Waals surface area contributed by atoms with E-state index in [9.17, 15) is 13.2 Å². The van der Waals surface area contributed by atoms with Crippen LogP contribution in [0.4, 0.5) is 0 Å². The lowest BCUT2D eigenvalue weighted by atomic mass is 9.99. The molecule has 32 heavy (non-hydrogen) atoms. The van der Waals surface area contributed by atoms with Crippen molar-refractivity contribution in [3.8, 4) is 5.75 Å². The highest BCUT2D eigenvalue weighted by Gasteiger charge is 2.33. The maximum absolute atomic E-state index is 13.0. The summed E-state index contributed by atoms with van der Waals surface area (Å²) in [7, 11) is -3.58. The number of rotatable bonds is 10. The summed E-state index contributed by atoms with van der Waals surface area (Å²) in [6, 6.07) is 14.9. The average Bonchev–Trinajstić information content (AvgIpc) is 2.81. The van der Waals surface area contributed by atoms with Gasteiger partial charge in [-0.3, -0.25) is 4.79 Å². The number of piperidine rings is 1. The zero-order valence-electron chi connectivity index (χ0n) is 19.0. The van der Waals surface area contributed by atoms with Gasteiger partial charge in [0.2, 0.25) is 15.9 Å².